The van der Waals surface area contributed by atoms with Crippen molar-refractivity contribution in [1.82, 2.24) is 9.80 Å². The third-order valence-corrected chi connectivity index (χ3v) is 4.79. The molecule has 22 heavy (non-hydrogen) atoms. The van der Waals surface area contributed by atoms with Gasteiger partial charge in [-0.05, 0) is 64.5 Å². The molecule has 1 unspecified atom stereocenters. The van der Waals surface area contributed by atoms with Gasteiger partial charge in [-0.2, -0.15) is 0 Å². The van der Waals surface area contributed by atoms with Gasteiger partial charge in [-0.15, -0.1) is 0 Å². The Bertz CT molecular complexity index is 456. The second-order valence-electron chi connectivity index (χ2n) is 6.59. The molecule has 0 radical (unpaired) electrons. The number of likely N-dealkylation sites (N-methyl/N-ethyl adjacent to an activating group) is 1. The van der Waals surface area contributed by atoms with Gasteiger partial charge in [0.1, 0.15) is 5.75 Å². The van der Waals surface area contributed by atoms with E-state index in [1.54, 1.807) is 7.11 Å². The standard InChI is InChI=1S/C18H30N2O2/c1-14(2)20-10-8-16(9-11-20)19(3)13-18(21)15-6-5-7-17(12-15)22-4/h5-7,12,14,16,18,21H,8-11,13H2,1-4H3. The van der Waals surface area contributed by atoms with Gasteiger partial charge in [-0.25, -0.2) is 0 Å². The Labute approximate surface area is 134 Å². The molecule has 1 aliphatic rings. The first-order chi connectivity index (χ1) is 10.5. The van der Waals surface area contributed by atoms with Crippen LogP contribution in [0.4, 0.5) is 0 Å². The summed E-state index contributed by atoms with van der Waals surface area (Å²) in [7, 11) is 3.78. The predicted molar refractivity (Wildman–Crippen MR) is 90.3 cm³/mol. The van der Waals surface area contributed by atoms with E-state index < -0.39 is 6.10 Å². The summed E-state index contributed by atoms with van der Waals surface area (Å²) in [5.74, 6) is 0.796. The van der Waals surface area contributed by atoms with Crippen molar-refractivity contribution in [3.63, 3.8) is 0 Å². The van der Waals surface area contributed by atoms with E-state index in [0.717, 1.165) is 24.4 Å². The van der Waals surface area contributed by atoms with Crippen molar-refractivity contribution in [1.29, 1.82) is 0 Å². The quantitative estimate of drug-likeness (QED) is 0.876. The molecule has 2 rings (SSSR count). The number of methoxy groups -OCH3 is 1. The molecule has 0 bridgehead atoms. The van der Waals surface area contributed by atoms with Crippen LogP contribution in [-0.4, -0.2) is 60.8 Å². The number of likely N-dealkylation sites (tertiary alicyclic amines) is 1. The Morgan fingerprint density at radius 3 is 2.59 bits per heavy atom. The number of nitrogens with zero attached hydrogens (tertiary/aromatic N) is 2. The number of piperidine rings is 1. The molecule has 0 aliphatic carbocycles. The van der Waals surface area contributed by atoms with Gasteiger partial charge in [0.2, 0.25) is 0 Å². The van der Waals surface area contributed by atoms with E-state index in [2.05, 4.69) is 30.7 Å². The number of hydrogen-bond acceptors (Lipinski definition) is 4. The summed E-state index contributed by atoms with van der Waals surface area (Å²) in [5.41, 5.74) is 0.922. The maximum Gasteiger partial charge on any atom is 0.119 e. The fourth-order valence-corrected chi connectivity index (χ4v) is 3.22. The highest BCUT2D eigenvalue weighted by molar-refractivity contribution is 5.29. The lowest BCUT2D eigenvalue weighted by atomic mass is 10.0. The van der Waals surface area contributed by atoms with Crippen LogP contribution in [0.15, 0.2) is 24.3 Å². The minimum absolute atomic E-state index is 0.469. The zero-order valence-corrected chi connectivity index (χ0v) is 14.3. The van der Waals surface area contributed by atoms with Gasteiger partial charge in [-0.1, -0.05) is 12.1 Å². The molecule has 1 heterocycles. The minimum atomic E-state index is -0.469. The lowest BCUT2D eigenvalue weighted by Crippen LogP contribution is -2.46. The van der Waals surface area contributed by atoms with Crippen LogP contribution < -0.4 is 4.74 Å². The lowest BCUT2D eigenvalue weighted by Gasteiger charge is -2.39. The van der Waals surface area contributed by atoms with Gasteiger partial charge < -0.3 is 19.6 Å². The Morgan fingerprint density at radius 1 is 1.32 bits per heavy atom. The Balaban J connectivity index is 1.87. The molecule has 124 valence electrons. The van der Waals surface area contributed by atoms with E-state index >= 15 is 0 Å². The minimum Gasteiger partial charge on any atom is -0.497 e. The molecule has 1 N–H and O–H groups in total. The largest absolute Gasteiger partial charge is 0.497 e. The van der Waals surface area contributed by atoms with E-state index in [-0.39, 0.29) is 0 Å². The van der Waals surface area contributed by atoms with Crippen molar-refractivity contribution < 1.29 is 9.84 Å². The number of ether oxygens (including phenoxy) is 1. The fraction of sp³-hybridized carbons (Fsp3) is 0.667. The third-order valence-electron chi connectivity index (χ3n) is 4.79. The zero-order chi connectivity index (χ0) is 16.1. The van der Waals surface area contributed by atoms with Crippen molar-refractivity contribution in [2.45, 2.75) is 44.9 Å². The predicted octanol–water partition coefficient (Wildman–Crippen LogP) is 2.53. The molecule has 0 spiro atoms. The Morgan fingerprint density at radius 2 is 2.00 bits per heavy atom. The average Bonchev–Trinajstić information content (AvgIpc) is 2.54. The fourth-order valence-electron chi connectivity index (χ4n) is 3.22. The first kappa shape index (κ1) is 17.3. The summed E-state index contributed by atoms with van der Waals surface area (Å²) < 4.78 is 5.23. The molecule has 1 aliphatic heterocycles. The highest BCUT2D eigenvalue weighted by atomic mass is 16.5. The maximum absolute atomic E-state index is 10.5. The molecular formula is C18H30N2O2. The molecule has 1 aromatic rings. The highest BCUT2D eigenvalue weighted by Crippen LogP contribution is 2.23. The van der Waals surface area contributed by atoms with Crippen LogP contribution in [0.1, 0.15) is 38.4 Å². The highest BCUT2D eigenvalue weighted by Gasteiger charge is 2.25. The molecular weight excluding hydrogens is 276 g/mol. The zero-order valence-electron chi connectivity index (χ0n) is 14.3. The van der Waals surface area contributed by atoms with Crippen molar-refractivity contribution in [2.24, 2.45) is 0 Å². The average molecular weight is 306 g/mol. The smallest absolute Gasteiger partial charge is 0.119 e. The van der Waals surface area contributed by atoms with Gasteiger partial charge in [0.25, 0.3) is 0 Å². The monoisotopic (exact) mass is 306 g/mol. The Kier molecular flexibility index (Phi) is 6.24. The molecule has 4 heteroatoms. The number of benzene rings is 1. The van der Waals surface area contributed by atoms with Crippen LogP contribution in [-0.2, 0) is 0 Å². The number of aliphatic hydroxyl groups excluding tert-OH is 1. The van der Waals surface area contributed by atoms with Crippen LogP contribution in [0.25, 0.3) is 0 Å². The summed E-state index contributed by atoms with van der Waals surface area (Å²) in [4.78, 5) is 4.84. The topological polar surface area (TPSA) is 35.9 Å². The molecule has 4 nitrogen and oxygen atoms in total. The molecule has 1 saturated heterocycles. The van der Waals surface area contributed by atoms with Crippen molar-refractivity contribution in [3.8, 4) is 5.75 Å². The van der Waals surface area contributed by atoms with Crippen LogP contribution >= 0.6 is 0 Å². The molecule has 0 aromatic heterocycles. The van der Waals surface area contributed by atoms with Crippen LogP contribution in [0.5, 0.6) is 5.75 Å². The number of hydrogen-bond donors (Lipinski definition) is 1. The second-order valence-corrected chi connectivity index (χ2v) is 6.59. The molecule has 0 saturated carbocycles. The summed E-state index contributed by atoms with van der Waals surface area (Å²) in [6.45, 7) is 7.50. The Hall–Kier alpha value is -1.10. The van der Waals surface area contributed by atoms with E-state index in [1.807, 2.05) is 24.3 Å². The first-order valence-corrected chi connectivity index (χ1v) is 8.27. The number of rotatable bonds is 6. The SMILES string of the molecule is COc1cccc(C(O)CN(C)C2CCN(C(C)C)CC2)c1. The normalized spacial score (nSPS) is 18.9. The maximum atomic E-state index is 10.5. The molecule has 0 amide bonds. The molecule has 1 atom stereocenters. The van der Waals surface area contributed by atoms with E-state index in [9.17, 15) is 5.11 Å². The van der Waals surface area contributed by atoms with Gasteiger partial charge in [0.15, 0.2) is 0 Å². The van der Waals surface area contributed by atoms with Crippen molar-refractivity contribution in [2.75, 3.05) is 33.8 Å². The van der Waals surface area contributed by atoms with Gasteiger partial charge >= 0.3 is 0 Å². The lowest BCUT2D eigenvalue weighted by molar-refractivity contribution is 0.0659. The third kappa shape index (κ3) is 4.45. The number of aliphatic hydroxyl groups is 1. The van der Waals surface area contributed by atoms with E-state index in [4.69, 9.17) is 4.74 Å². The van der Waals surface area contributed by atoms with Crippen molar-refractivity contribution in [3.05, 3.63) is 29.8 Å². The summed E-state index contributed by atoms with van der Waals surface area (Å²) in [5, 5.41) is 10.5. The molecule has 1 aromatic carbocycles. The van der Waals surface area contributed by atoms with Crippen LogP contribution in [0, 0.1) is 0 Å². The van der Waals surface area contributed by atoms with Crippen LogP contribution in [0.2, 0.25) is 0 Å². The molecule has 1 fully saturated rings. The summed E-state index contributed by atoms with van der Waals surface area (Å²) >= 11 is 0. The summed E-state index contributed by atoms with van der Waals surface area (Å²) in [6.07, 6.45) is 1.89. The van der Waals surface area contributed by atoms with Gasteiger partial charge in [-0.3, -0.25) is 0 Å². The van der Waals surface area contributed by atoms with Gasteiger partial charge in [0.05, 0.1) is 13.2 Å². The summed E-state index contributed by atoms with van der Waals surface area (Å²) in [6, 6.07) is 8.91. The van der Waals surface area contributed by atoms with E-state index in [1.165, 1.54) is 12.8 Å². The van der Waals surface area contributed by atoms with Crippen molar-refractivity contribution >= 4 is 0 Å². The first-order valence-electron chi connectivity index (χ1n) is 8.27. The van der Waals surface area contributed by atoms with E-state index in [0.29, 0.717) is 18.6 Å². The second kappa shape index (κ2) is 7.95. The van der Waals surface area contributed by atoms with Gasteiger partial charge in [0, 0.05) is 18.6 Å². The van der Waals surface area contributed by atoms with Crippen LogP contribution in [0.3, 0.4) is 0 Å².